The smallest absolute Gasteiger partial charge is 0.136 e. The molecule has 4 heteroatoms. The van der Waals surface area contributed by atoms with Crippen molar-refractivity contribution in [1.82, 2.24) is 5.32 Å². The van der Waals surface area contributed by atoms with Gasteiger partial charge in [-0.3, -0.25) is 4.79 Å². The fourth-order valence-corrected chi connectivity index (χ4v) is 2.27. The molecule has 1 fully saturated rings. The second-order valence-electron chi connectivity index (χ2n) is 4.62. The molecule has 0 saturated carbocycles. The summed E-state index contributed by atoms with van der Waals surface area (Å²) in [6, 6.07) is 6.41. The Labute approximate surface area is 113 Å². The molecule has 0 aliphatic carbocycles. The summed E-state index contributed by atoms with van der Waals surface area (Å²) in [5.74, 6) is 0.367. The minimum atomic E-state index is -0.224. The van der Waals surface area contributed by atoms with Crippen LogP contribution in [0.3, 0.4) is 0 Å². The Hall–Kier alpha value is -0.930. The van der Waals surface area contributed by atoms with Crippen molar-refractivity contribution < 1.29 is 9.18 Å². The highest BCUT2D eigenvalue weighted by molar-refractivity contribution is 5.85. The topological polar surface area (TPSA) is 29.1 Å². The van der Waals surface area contributed by atoms with Crippen LogP contribution in [-0.2, 0) is 11.2 Å². The van der Waals surface area contributed by atoms with Crippen molar-refractivity contribution in [1.29, 1.82) is 0 Å². The van der Waals surface area contributed by atoms with E-state index in [-0.39, 0.29) is 24.1 Å². The third-order valence-corrected chi connectivity index (χ3v) is 3.37. The first-order valence-electron chi connectivity index (χ1n) is 6.23. The number of Topliss-reactive ketones (excluding diaryl/α,β-unsaturated/α-hetero) is 1. The summed E-state index contributed by atoms with van der Waals surface area (Å²) in [5, 5.41) is 3.26. The molecule has 0 atom stereocenters. The third-order valence-electron chi connectivity index (χ3n) is 3.37. The zero-order chi connectivity index (χ0) is 12.1. The third kappa shape index (κ3) is 4.39. The summed E-state index contributed by atoms with van der Waals surface area (Å²) in [6.07, 6.45) is 3.23. The number of piperidine rings is 1. The van der Waals surface area contributed by atoms with Gasteiger partial charge in [0.1, 0.15) is 11.6 Å². The Bertz CT molecular complexity index is 374. The Kier molecular flexibility index (Phi) is 6.30. The average Bonchev–Trinajstić information content (AvgIpc) is 2.39. The van der Waals surface area contributed by atoms with Gasteiger partial charge in [0, 0.05) is 12.3 Å². The largest absolute Gasteiger partial charge is 0.317 e. The SMILES string of the molecule is Cl.O=C(CCc1ccc(F)cc1)C1CCNCC1. The number of carbonyl (C=O) groups excluding carboxylic acids is 1. The highest BCUT2D eigenvalue weighted by atomic mass is 35.5. The lowest BCUT2D eigenvalue weighted by Gasteiger charge is -2.21. The van der Waals surface area contributed by atoms with Gasteiger partial charge >= 0.3 is 0 Å². The van der Waals surface area contributed by atoms with E-state index in [2.05, 4.69) is 5.32 Å². The number of hydrogen-bond donors (Lipinski definition) is 1. The predicted molar refractivity (Wildman–Crippen MR) is 72.6 cm³/mol. The quantitative estimate of drug-likeness (QED) is 0.912. The number of benzene rings is 1. The lowest BCUT2D eigenvalue weighted by Crippen LogP contribution is -2.31. The number of nitrogens with one attached hydrogen (secondary N) is 1. The van der Waals surface area contributed by atoms with Gasteiger partial charge in [-0.1, -0.05) is 12.1 Å². The van der Waals surface area contributed by atoms with Gasteiger partial charge in [-0.2, -0.15) is 0 Å². The Morgan fingerprint density at radius 1 is 1.22 bits per heavy atom. The van der Waals surface area contributed by atoms with Crippen LogP contribution in [0.2, 0.25) is 0 Å². The van der Waals surface area contributed by atoms with E-state index < -0.39 is 0 Å². The Morgan fingerprint density at radius 2 is 1.83 bits per heavy atom. The summed E-state index contributed by atoms with van der Waals surface area (Å²) < 4.78 is 12.7. The van der Waals surface area contributed by atoms with Crippen LogP contribution in [0.15, 0.2) is 24.3 Å². The first-order chi connectivity index (χ1) is 8.25. The Morgan fingerprint density at radius 3 is 2.44 bits per heavy atom. The van der Waals surface area contributed by atoms with E-state index in [1.165, 1.54) is 12.1 Å². The van der Waals surface area contributed by atoms with Crippen LogP contribution in [0.5, 0.6) is 0 Å². The number of hydrogen-bond acceptors (Lipinski definition) is 2. The van der Waals surface area contributed by atoms with Gasteiger partial charge in [-0.25, -0.2) is 4.39 Å². The summed E-state index contributed by atoms with van der Waals surface area (Å²) in [5.41, 5.74) is 1.04. The number of rotatable bonds is 4. The molecule has 100 valence electrons. The predicted octanol–water partition coefficient (Wildman–Crippen LogP) is 2.75. The van der Waals surface area contributed by atoms with E-state index in [9.17, 15) is 9.18 Å². The standard InChI is InChI=1S/C14H18FNO.ClH/c15-13-4-1-11(2-5-13)3-6-14(17)12-7-9-16-10-8-12;/h1-2,4-5,12,16H,3,6-10H2;1H. The van der Waals surface area contributed by atoms with Gasteiger partial charge in [0.15, 0.2) is 0 Å². The molecule has 0 unspecified atom stereocenters. The van der Waals surface area contributed by atoms with E-state index in [4.69, 9.17) is 0 Å². The molecular formula is C14H19ClFNO. The van der Waals surface area contributed by atoms with Gasteiger partial charge < -0.3 is 5.32 Å². The van der Waals surface area contributed by atoms with Crippen molar-refractivity contribution in [3.05, 3.63) is 35.6 Å². The molecule has 0 aromatic heterocycles. The van der Waals surface area contributed by atoms with E-state index in [0.717, 1.165) is 37.9 Å². The fraction of sp³-hybridized carbons (Fsp3) is 0.500. The molecule has 1 saturated heterocycles. The second kappa shape index (κ2) is 7.49. The number of halogens is 2. The maximum Gasteiger partial charge on any atom is 0.136 e. The minimum Gasteiger partial charge on any atom is -0.317 e. The molecular weight excluding hydrogens is 253 g/mol. The van der Waals surface area contributed by atoms with Crippen LogP contribution in [0.25, 0.3) is 0 Å². The van der Waals surface area contributed by atoms with E-state index >= 15 is 0 Å². The average molecular weight is 272 g/mol. The molecule has 2 nitrogen and oxygen atoms in total. The van der Waals surface area contributed by atoms with Gasteiger partial charge in [-0.15, -0.1) is 12.4 Å². The van der Waals surface area contributed by atoms with Crippen molar-refractivity contribution >= 4 is 18.2 Å². The summed E-state index contributed by atoms with van der Waals surface area (Å²) in [6.45, 7) is 1.90. The summed E-state index contributed by atoms with van der Waals surface area (Å²) in [4.78, 5) is 11.9. The molecule has 1 aromatic rings. The van der Waals surface area contributed by atoms with Crippen molar-refractivity contribution in [3.63, 3.8) is 0 Å². The van der Waals surface area contributed by atoms with Gasteiger partial charge in [0.05, 0.1) is 0 Å². The van der Waals surface area contributed by atoms with Crippen LogP contribution in [0.1, 0.15) is 24.8 Å². The van der Waals surface area contributed by atoms with Gasteiger partial charge in [0.25, 0.3) is 0 Å². The molecule has 18 heavy (non-hydrogen) atoms. The molecule has 0 radical (unpaired) electrons. The second-order valence-corrected chi connectivity index (χ2v) is 4.62. The normalized spacial score (nSPS) is 16.1. The fourth-order valence-electron chi connectivity index (χ4n) is 2.27. The zero-order valence-electron chi connectivity index (χ0n) is 10.3. The van der Waals surface area contributed by atoms with Crippen molar-refractivity contribution in [2.75, 3.05) is 13.1 Å². The maximum atomic E-state index is 12.7. The number of aryl methyl sites for hydroxylation is 1. The molecule has 1 heterocycles. The number of carbonyl (C=O) groups is 1. The molecule has 0 spiro atoms. The van der Waals surface area contributed by atoms with Crippen LogP contribution >= 0.6 is 12.4 Å². The van der Waals surface area contributed by atoms with Crippen LogP contribution in [0, 0.1) is 11.7 Å². The lowest BCUT2D eigenvalue weighted by molar-refractivity contribution is -0.123. The molecule has 1 aromatic carbocycles. The van der Waals surface area contributed by atoms with E-state index in [1.54, 1.807) is 12.1 Å². The van der Waals surface area contributed by atoms with Crippen LogP contribution in [0.4, 0.5) is 4.39 Å². The van der Waals surface area contributed by atoms with Crippen LogP contribution in [-0.4, -0.2) is 18.9 Å². The lowest BCUT2D eigenvalue weighted by atomic mass is 9.90. The molecule has 0 amide bonds. The van der Waals surface area contributed by atoms with Crippen molar-refractivity contribution in [2.24, 2.45) is 5.92 Å². The first-order valence-corrected chi connectivity index (χ1v) is 6.23. The highest BCUT2D eigenvalue weighted by Gasteiger charge is 2.20. The van der Waals surface area contributed by atoms with E-state index in [0.29, 0.717) is 12.2 Å². The molecule has 1 N–H and O–H groups in total. The molecule has 2 rings (SSSR count). The van der Waals surface area contributed by atoms with Crippen molar-refractivity contribution in [2.45, 2.75) is 25.7 Å². The van der Waals surface area contributed by atoms with Crippen molar-refractivity contribution in [3.8, 4) is 0 Å². The minimum absolute atomic E-state index is 0. The Balaban J connectivity index is 0.00000162. The van der Waals surface area contributed by atoms with Gasteiger partial charge in [-0.05, 0) is 50.0 Å². The van der Waals surface area contributed by atoms with E-state index in [1.807, 2.05) is 0 Å². The molecule has 1 aliphatic heterocycles. The summed E-state index contributed by atoms with van der Waals surface area (Å²) >= 11 is 0. The first kappa shape index (κ1) is 15.1. The number of ketones is 1. The van der Waals surface area contributed by atoms with Gasteiger partial charge in [0.2, 0.25) is 0 Å². The zero-order valence-corrected chi connectivity index (χ0v) is 11.1. The highest BCUT2D eigenvalue weighted by Crippen LogP contribution is 2.16. The maximum absolute atomic E-state index is 12.7. The summed E-state index contributed by atoms with van der Waals surface area (Å²) in [7, 11) is 0. The molecule has 0 bridgehead atoms. The van der Waals surface area contributed by atoms with Crippen LogP contribution < -0.4 is 5.32 Å². The molecule has 1 aliphatic rings. The monoisotopic (exact) mass is 271 g/mol.